The summed E-state index contributed by atoms with van der Waals surface area (Å²) in [5.41, 5.74) is 0.978. The molecule has 1 aliphatic carbocycles. The number of rotatable bonds is 3. The van der Waals surface area contributed by atoms with Crippen molar-refractivity contribution in [1.29, 1.82) is 0 Å². The third-order valence-corrected chi connectivity index (χ3v) is 5.86. The van der Waals surface area contributed by atoms with E-state index in [0.717, 1.165) is 37.8 Å². The molecule has 1 saturated heterocycles. The molecule has 2 fully saturated rings. The molecule has 120 valence electrons. The van der Waals surface area contributed by atoms with Crippen LogP contribution in [0.4, 0.5) is 0 Å². The van der Waals surface area contributed by atoms with Gasteiger partial charge in [-0.2, -0.15) is 0 Å². The Bertz CT molecular complexity index is 570. The van der Waals surface area contributed by atoms with E-state index in [2.05, 4.69) is 4.90 Å². The first kappa shape index (κ1) is 16.1. The zero-order chi connectivity index (χ0) is 15.7. The summed E-state index contributed by atoms with van der Waals surface area (Å²) in [6, 6.07) is 5.52. The van der Waals surface area contributed by atoms with Crippen LogP contribution in [0.15, 0.2) is 18.2 Å². The average molecular weight is 342 g/mol. The van der Waals surface area contributed by atoms with E-state index in [1.165, 1.54) is 6.42 Å². The molecule has 0 radical (unpaired) electrons. The van der Waals surface area contributed by atoms with Crippen molar-refractivity contribution in [3.63, 3.8) is 0 Å². The third kappa shape index (κ3) is 3.12. The van der Waals surface area contributed by atoms with Crippen LogP contribution in [0, 0.1) is 11.3 Å². The third-order valence-electron chi connectivity index (χ3n) is 5.27. The van der Waals surface area contributed by atoms with Crippen molar-refractivity contribution in [2.75, 3.05) is 13.1 Å². The molecule has 1 aliphatic heterocycles. The van der Waals surface area contributed by atoms with Gasteiger partial charge in [-0.1, -0.05) is 48.5 Å². The summed E-state index contributed by atoms with van der Waals surface area (Å²) in [5.74, 6) is -0.898. The summed E-state index contributed by atoms with van der Waals surface area (Å²) < 4.78 is 0. The molecule has 1 N–H and O–H groups in total. The molecule has 22 heavy (non-hydrogen) atoms. The van der Waals surface area contributed by atoms with Crippen LogP contribution in [0.1, 0.15) is 37.7 Å². The second kappa shape index (κ2) is 6.38. The second-order valence-electron chi connectivity index (χ2n) is 6.72. The zero-order valence-corrected chi connectivity index (χ0v) is 14.0. The van der Waals surface area contributed by atoms with E-state index in [1.807, 2.05) is 12.1 Å². The molecule has 1 aromatic rings. The number of carboxylic acid groups (broad SMARTS) is 1. The first-order chi connectivity index (χ1) is 10.5. The van der Waals surface area contributed by atoms with Gasteiger partial charge in [-0.25, -0.2) is 0 Å². The molecular formula is C17H21Cl2NO2. The Hall–Kier alpha value is -0.770. The van der Waals surface area contributed by atoms with Crippen LogP contribution in [0.3, 0.4) is 0 Å². The van der Waals surface area contributed by atoms with Gasteiger partial charge in [0, 0.05) is 29.7 Å². The lowest BCUT2D eigenvalue weighted by molar-refractivity contribution is -0.145. The molecule has 1 saturated carbocycles. The van der Waals surface area contributed by atoms with E-state index in [0.29, 0.717) is 23.1 Å². The van der Waals surface area contributed by atoms with Crippen molar-refractivity contribution in [2.45, 2.75) is 38.6 Å². The first-order valence-corrected chi connectivity index (χ1v) is 8.65. The van der Waals surface area contributed by atoms with Crippen LogP contribution >= 0.6 is 23.2 Å². The molecular weight excluding hydrogens is 321 g/mol. The van der Waals surface area contributed by atoms with Crippen LogP contribution < -0.4 is 0 Å². The van der Waals surface area contributed by atoms with Gasteiger partial charge in [0.15, 0.2) is 0 Å². The summed E-state index contributed by atoms with van der Waals surface area (Å²) in [6.07, 6.45) is 5.61. The summed E-state index contributed by atoms with van der Waals surface area (Å²) in [7, 11) is 0. The summed E-state index contributed by atoms with van der Waals surface area (Å²) in [5, 5.41) is 10.9. The summed E-state index contributed by atoms with van der Waals surface area (Å²) in [4.78, 5) is 14.0. The van der Waals surface area contributed by atoms with E-state index in [1.54, 1.807) is 6.07 Å². The smallest absolute Gasteiger partial charge is 0.308 e. The monoisotopic (exact) mass is 341 g/mol. The summed E-state index contributed by atoms with van der Waals surface area (Å²) in [6.45, 7) is 2.18. The van der Waals surface area contributed by atoms with Gasteiger partial charge in [0.2, 0.25) is 0 Å². The molecule has 0 unspecified atom stereocenters. The normalized spacial score (nSPS) is 24.7. The van der Waals surface area contributed by atoms with Crippen LogP contribution in [-0.2, 0) is 11.3 Å². The molecule has 5 heteroatoms. The van der Waals surface area contributed by atoms with Crippen molar-refractivity contribution in [1.82, 2.24) is 4.90 Å². The minimum atomic E-state index is -0.647. The SMILES string of the molecule is O=C(O)[C@@H]1CN(Cc2ccc(Cl)cc2Cl)CC12CCCCC2. The number of halogens is 2. The van der Waals surface area contributed by atoms with Gasteiger partial charge in [0.1, 0.15) is 0 Å². The van der Waals surface area contributed by atoms with Gasteiger partial charge in [0.25, 0.3) is 0 Å². The number of hydrogen-bond acceptors (Lipinski definition) is 2. The fourth-order valence-corrected chi connectivity index (χ4v) is 4.65. The number of aliphatic carboxylic acids is 1. The predicted molar refractivity (Wildman–Crippen MR) is 88.4 cm³/mol. The highest BCUT2D eigenvalue weighted by Crippen LogP contribution is 2.48. The maximum absolute atomic E-state index is 11.7. The van der Waals surface area contributed by atoms with Crippen molar-refractivity contribution in [3.8, 4) is 0 Å². The largest absolute Gasteiger partial charge is 0.481 e. The molecule has 1 atom stereocenters. The van der Waals surface area contributed by atoms with Gasteiger partial charge < -0.3 is 5.11 Å². The molecule has 3 nitrogen and oxygen atoms in total. The lowest BCUT2D eigenvalue weighted by Gasteiger charge is -2.36. The van der Waals surface area contributed by atoms with Crippen molar-refractivity contribution in [2.24, 2.45) is 11.3 Å². The first-order valence-electron chi connectivity index (χ1n) is 7.89. The highest BCUT2D eigenvalue weighted by atomic mass is 35.5. The quantitative estimate of drug-likeness (QED) is 0.882. The topological polar surface area (TPSA) is 40.5 Å². The Morgan fingerprint density at radius 2 is 2.00 bits per heavy atom. The number of nitrogens with zero attached hydrogens (tertiary/aromatic N) is 1. The minimum absolute atomic E-state index is 0.0387. The number of hydrogen-bond donors (Lipinski definition) is 1. The van der Waals surface area contributed by atoms with Crippen LogP contribution in [0.2, 0.25) is 10.0 Å². The Morgan fingerprint density at radius 3 is 2.64 bits per heavy atom. The van der Waals surface area contributed by atoms with E-state index >= 15 is 0 Å². The number of carbonyl (C=O) groups is 1. The average Bonchev–Trinajstić information content (AvgIpc) is 2.81. The van der Waals surface area contributed by atoms with Crippen molar-refractivity contribution < 1.29 is 9.90 Å². The number of likely N-dealkylation sites (tertiary alicyclic amines) is 1. The van der Waals surface area contributed by atoms with Gasteiger partial charge in [0.05, 0.1) is 5.92 Å². The highest BCUT2D eigenvalue weighted by molar-refractivity contribution is 6.35. The molecule has 0 aromatic heterocycles. The Balaban J connectivity index is 1.77. The van der Waals surface area contributed by atoms with Gasteiger partial charge >= 0.3 is 5.97 Å². The van der Waals surface area contributed by atoms with Gasteiger partial charge in [-0.3, -0.25) is 9.69 Å². The lowest BCUT2D eigenvalue weighted by atomic mass is 9.68. The molecule has 1 spiro atoms. The van der Waals surface area contributed by atoms with Crippen LogP contribution in [0.5, 0.6) is 0 Å². The lowest BCUT2D eigenvalue weighted by Crippen LogP contribution is -2.36. The second-order valence-corrected chi connectivity index (χ2v) is 7.56. The fourth-order valence-electron chi connectivity index (χ4n) is 4.19. The van der Waals surface area contributed by atoms with E-state index < -0.39 is 5.97 Å². The molecule has 3 rings (SSSR count). The minimum Gasteiger partial charge on any atom is -0.481 e. The maximum atomic E-state index is 11.7. The summed E-state index contributed by atoms with van der Waals surface area (Å²) >= 11 is 12.2. The molecule has 0 amide bonds. The maximum Gasteiger partial charge on any atom is 0.308 e. The highest BCUT2D eigenvalue weighted by Gasteiger charge is 2.50. The molecule has 1 aromatic carbocycles. The number of carboxylic acids is 1. The van der Waals surface area contributed by atoms with E-state index in [9.17, 15) is 9.90 Å². The molecule has 0 bridgehead atoms. The predicted octanol–water partition coefficient (Wildman–Crippen LogP) is 4.46. The fraction of sp³-hybridized carbons (Fsp3) is 0.588. The van der Waals surface area contributed by atoms with Crippen molar-refractivity contribution in [3.05, 3.63) is 33.8 Å². The van der Waals surface area contributed by atoms with Crippen LogP contribution in [-0.4, -0.2) is 29.1 Å². The van der Waals surface area contributed by atoms with E-state index in [-0.39, 0.29) is 11.3 Å². The van der Waals surface area contributed by atoms with E-state index in [4.69, 9.17) is 23.2 Å². The van der Waals surface area contributed by atoms with Crippen LogP contribution in [0.25, 0.3) is 0 Å². The Kier molecular flexibility index (Phi) is 4.67. The van der Waals surface area contributed by atoms with Gasteiger partial charge in [-0.05, 0) is 36.0 Å². The standard InChI is InChI=1S/C17H21Cl2NO2/c18-13-5-4-12(15(19)8-13)9-20-10-14(16(21)22)17(11-20)6-2-1-3-7-17/h4-5,8,14H,1-3,6-7,9-11H2,(H,21,22)/t14-/m0/s1. The Labute approximate surface area is 141 Å². The zero-order valence-electron chi connectivity index (χ0n) is 12.5. The Morgan fingerprint density at radius 1 is 1.27 bits per heavy atom. The number of benzene rings is 1. The van der Waals surface area contributed by atoms with Gasteiger partial charge in [-0.15, -0.1) is 0 Å². The molecule has 1 heterocycles. The van der Waals surface area contributed by atoms with Crippen molar-refractivity contribution >= 4 is 29.2 Å². The molecule has 2 aliphatic rings.